The van der Waals surface area contributed by atoms with Crippen LogP contribution < -0.4 is 11.1 Å². The molecule has 5 nitrogen and oxygen atoms in total. The van der Waals surface area contributed by atoms with Crippen LogP contribution in [0.4, 0.5) is 5.69 Å². The lowest BCUT2D eigenvalue weighted by Crippen LogP contribution is -2.50. The van der Waals surface area contributed by atoms with Crippen LogP contribution >= 0.6 is 0 Å². The van der Waals surface area contributed by atoms with Gasteiger partial charge in [-0.05, 0) is 49.4 Å². The molecule has 2 aromatic rings. The fourth-order valence-electron chi connectivity index (χ4n) is 2.41. The summed E-state index contributed by atoms with van der Waals surface area (Å²) in [7, 11) is 0. The van der Waals surface area contributed by atoms with Crippen LogP contribution in [0.3, 0.4) is 0 Å². The van der Waals surface area contributed by atoms with E-state index in [9.17, 15) is 4.79 Å². The molecule has 1 saturated carbocycles. The van der Waals surface area contributed by atoms with Crippen LogP contribution in [0.15, 0.2) is 42.7 Å². The van der Waals surface area contributed by atoms with Gasteiger partial charge in [-0.25, -0.2) is 0 Å². The Morgan fingerprint density at radius 2 is 2.14 bits per heavy atom. The zero-order valence-electron chi connectivity index (χ0n) is 12.1. The molecule has 1 atom stereocenters. The number of rotatable bonds is 5. The molecule has 1 amide bonds. The third-order valence-electron chi connectivity index (χ3n) is 4.03. The number of amides is 1. The van der Waals surface area contributed by atoms with Gasteiger partial charge in [0.25, 0.3) is 0 Å². The lowest BCUT2D eigenvalue weighted by atomic mass is 9.96. The van der Waals surface area contributed by atoms with Crippen molar-refractivity contribution in [3.63, 3.8) is 0 Å². The number of aromatic nitrogens is 2. The Balaban J connectivity index is 1.63. The van der Waals surface area contributed by atoms with Crippen LogP contribution in [-0.2, 0) is 11.3 Å². The summed E-state index contributed by atoms with van der Waals surface area (Å²) >= 11 is 0. The normalized spacial score (nSPS) is 17.2. The molecule has 0 spiro atoms. The van der Waals surface area contributed by atoms with E-state index in [-0.39, 0.29) is 5.91 Å². The number of hydrogen-bond acceptors (Lipinski definition) is 3. The molecule has 1 unspecified atom stereocenters. The van der Waals surface area contributed by atoms with Crippen molar-refractivity contribution < 1.29 is 4.79 Å². The van der Waals surface area contributed by atoms with E-state index in [4.69, 9.17) is 5.73 Å². The third-order valence-corrected chi connectivity index (χ3v) is 4.03. The lowest BCUT2D eigenvalue weighted by molar-refractivity contribution is -0.121. The van der Waals surface area contributed by atoms with E-state index in [2.05, 4.69) is 10.4 Å². The fraction of sp³-hybridized carbons (Fsp3) is 0.375. The van der Waals surface area contributed by atoms with Gasteiger partial charge in [-0.1, -0.05) is 12.1 Å². The van der Waals surface area contributed by atoms with E-state index in [1.807, 2.05) is 48.1 Å². The highest BCUT2D eigenvalue weighted by Crippen LogP contribution is 2.38. The third kappa shape index (κ3) is 3.13. The molecular formula is C16H20N4O. The number of carbonyl (C=O) groups is 1. The Hall–Kier alpha value is -2.14. The van der Waals surface area contributed by atoms with Crippen molar-refractivity contribution in [1.29, 1.82) is 0 Å². The summed E-state index contributed by atoms with van der Waals surface area (Å²) in [5, 5.41) is 7.07. The summed E-state index contributed by atoms with van der Waals surface area (Å²) in [6.07, 6.45) is 5.77. The van der Waals surface area contributed by atoms with Gasteiger partial charge in [0.2, 0.25) is 5.91 Å². The maximum absolute atomic E-state index is 12.2. The average Bonchev–Trinajstić information content (AvgIpc) is 3.21. The lowest BCUT2D eigenvalue weighted by Gasteiger charge is -2.23. The maximum atomic E-state index is 12.2. The molecule has 5 heteroatoms. The molecule has 3 rings (SSSR count). The van der Waals surface area contributed by atoms with E-state index in [0.29, 0.717) is 5.92 Å². The summed E-state index contributed by atoms with van der Waals surface area (Å²) in [5.74, 6) is 0.210. The highest BCUT2D eigenvalue weighted by molar-refractivity contribution is 5.98. The zero-order valence-corrected chi connectivity index (χ0v) is 12.1. The molecule has 3 N–H and O–H groups in total. The van der Waals surface area contributed by atoms with E-state index in [1.54, 1.807) is 6.20 Å². The molecule has 0 radical (unpaired) electrons. The molecule has 1 fully saturated rings. The second-order valence-electron chi connectivity index (χ2n) is 5.91. The zero-order chi connectivity index (χ0) is 14.9. The molecule has 1 heterocycles. The van der Waals surface area contributed by atoms with Crippen molar-refractivity contribution in [2.24, 2.45) is 11.7 Å². The van der Waals surface area contributed by atoms with E-state index in [0.717, 1.165) is 30.6 Å². The molecule has 0 aliphatic heterocycles. The van der Waals surface area contributed by atoms with Crippen LogP contribution in [0, 0.1) is 5.92 Å². The Morgan fingerprint density at radius 3 is 2.71 bits per heavy atom. The highest BCUT2D eigenvalue weighted by Gasteiger charge is 2.44. The van der Waals surface area contributed by atoms with Crippen LogP contribution in [0.1, 0.15) is 25.3 Å². The van der Waals surface area contributed by atoms with E-state index in [1.165, 1.54) is 0 Å². The van der Waals surface area contributed by atoms with Crippen LogP contribution in [0.5, 0.6) is 0 Å². The van der Waals surface area contributed by atoms with Crippen molar-refractivity contribution in [1.82, 2.24) is 9.78 Å². The quantitative estimate of drug-likeness (QED) is 0.882. The number of nitrogens with zero attached hydrogens (tertiary/aromatic N) is 2. The molecule has 110 valence electrons. The minimum Gasteiger partial charge on any atom is -0.324 e. The summed E-state index contributed by atoms with van der Waals surface area (Å²) in [6, 6.07) is 9.68. The van der Waals surface area contributed by atoms with Crippen LogP contribution in [0.2, 0.25) is 0 Å². The monoisotopic (exact) mass is 284 g/mol. The first-order valence-corrected chi connectivity index (χ1v) is 7.22. The van der Waals surface area contributed by atoms with E-state index < -0.39 is 5.54 Å². The smallest absolute Gasteiger partial charge is 0.244 e. The first kappa shape index (κ1) is 13.8. The highest BCUT2D eigenvalue weighted by atomic mass is 16.2. The van der Waals surface area contributed by atoms with Crippen molar-refractivity contribution in [3.8, 4) is 0 Å². The minimum absolute atomic E-state index is 0.107. The molecule has 21 heavy (non-hydrogen) atoms. The number of nitrogens with one attached hydrogen (secondary N) is 1. The van der Waals surface area contributed by atoms with Crippen molar-refractivity contribution >= 4 is 11.6 Å². The Morgan fingerprint density at radius 1 is 1.43 bits per heavy atom. The van der Waals surface area contributed by atoms with Gasteiger partial charge >= 0.3 is 0 Å². The van der Waals surface area contributed by atoms with Gasteiger partial charge in [0.15, 0.2) is 0 Å². The number of carbonyl (C=O) groups excluding carboxylic acids is 1. The molecule has 1 aliphatic rings. The number of benzene rings is 1. The minimum atomic E-state index is -0.770. The Kier molecular flexibility index (Phi) is 3.51. The van der Waals surface area contributed by atoms with Crippen LogP contribution in [0.25, 0.3) is 0 Å². The first-order valence-electron chi connectivity index (χ1n) is 7.22. The van der Waals surface area contributed by atoms with Crippen molar-refractivity contribution in [2.75, 3.05) is 5.32 Å². The number of nitrogens with two attached hydrogens (primary N) is 1. The Labute approximate surface area is 124 Å². The second-order valence-corrected chi connectivity index (χ2v) is 5.91. The summed E-state index contributed by atoms with van der Waals surface area (Å²) in [4.78, 5) is 12.2. The predicted octanol–water partition coefficient (Wildman–Crippen LogP) is 2.00. The standard InChI is InChI=1S/C16H20N4O/c1-16(17,13-5-6-13)15(21)19-14-7-3-12(4-8-14)11-20-10-2-9-18-20/h2-4,7-10,13H,5-6,11,17H2,1H3,(H,19,21). The first-order chi connectivity index (χ1) is 10.1. The number of hydrogen-bond donors (Lipinski definition) is 2. The van der Waals surface area contributed by atoms with Gasteiger partial charge in [0.1, 0.15) is 0 Å². The SMILES string of the molecule is CC(N)(C(=O)Nc1ccc(Cn2cccn2)cc1)C1CC1. The fourth-order valence-corrected chi connectivity index (χ4v) is 2.41. The molecule has 0 bridgehead atoms. The molecular weight excluding hydrogens is 264 g/mol. The predicted molar refractivity (Wildman–Crippen MR) is 81.7 cm³/mol. The topological polar surface area (TPSA) is 72.9 Å². The van der Waals surface area contributed by atoms with Gasteiger partial charge in [-0.3, -0.25) is 9.48 Å². The van der Waals surface area contributed by atoms with Gasteiger partial charge in [-0.15, -0.1) is 0 Å². The molecule has 0 saturated heterocycles. The van der Waals surface area contributed by atoms with Crippen LogP contribution in [-0.4, -0.2) is 21.2 Å². The molecule has 1 aromatic heterocycles. The van der Waals surface area contributed by atoms with Gasteiger partial charge in [0.05, 0.1) is 12.1 Å². The van der Waals surface area contributed by atoms with Gasteiger partial charge in [0, 0.05) is 18.1 Å². The largest absolute Gasteiger partial charge is 0.324 e. The molecule has 1 aromatic carbocycles. The van der Waals surface area contributed by atoms with Gasteiger partial charge < -0.3 is 11.1 Å². The van der Waals surface area contributed by atoms with E-state index >= 15 is 0 Å². The van der Waals surface area contributed by atoms with Crippen molar-refractivity contribution in [2.45, 2.75) is 31.8 Å². The summed E-state index contributed by atoms with van der Waals surface area (Å²) in [5.41, 5.74) is 7.25. The molecule has 1 aliphatic carbocycles. The van der Waals surface area contributed by atoms with Gasteiger partial charge in [-0.2, -0.15) is 5.10 Å². The summed E-state index contributed by atoms with van der Waals surface area (Å²) < 4.78 is 1.86. The number of anilines is 1. The maximum Gasteiger partial charge on any atom is 0.244 e. The van der Waals surface area contributed by atoms with Crippen molar-refractivity contribution in [3.05, 3.63) is 48.3 Å². The average molecular weight is 284 g/mol. The summed E-state index contributed by atoms with van der Waals surface area (Å²) in [6.45, 7) is 2.53. The Bertz CT molecular complexity index is 612. The second kappa shape index (κ2) is 5.33.